The highest BCUT2D eigenvalue weighted by Gasteiger charge is 2.38. The monoisotopic (exact) mass is 279 g/mol. The summed E-state index contributed by atoms with van der Waals surface area (Å²) in [6, 6.07) is 9.15. The van der Waals surface area contributed by atoms with Crippen molar-refractivity contribution in [1.29, 1.82) is 0 Å². The lowest BCUT2D eigenvalue weighted by molar-refractivity contribution is 0.494. The largest absolute Gasteiger partial charge is 0.316 e. The van der Waals surface area contributed by atoms with Gasteiger partial charge in [-0.05, 0) is 72.1 Å². The highest BCUT2D eigenvalue weighted by atomic mass is 35.5. The molecule has 2 aliphatic rings. The van der Waals surface area contributed by atoms with Crippen molar-refractivity contribution in [1.82, 2.24) is 5.32 Å². The fourth-order valence-electron chi connectivity index (χ4n) is 3.79. The van der Waals surface area contributed by atoms with Crippen LogP contribution in [0.4, 0.5) is 0 Å². The molecule has 0 bridgehead atoms. The molecule has 2 aromatic rings. The second-order valence-corrected chi connectivity index (χ2v) is 6.47. The Hall–Kier alpha value is -0.570. The molecule has 2 atom stereocenters. The van der Waals surface area contributed by atoms with Crippen LogP contribution in [-0.4, -0.2) is 13.1 Å². The third-order valence-electron chi connectivity index (χ3n) is 4.62. The number of nitrogens with one attached hydrogen (secondary N) is 1. The van der Waals surface area contributed by atoms with E-state index in [1.165, 1.54) is 36.0 Å². The van der Waals surface area contributed by atoms with Crippen molar-refractivity contribution < 1.29 is 0 Å². The van der Waals surface area contributed by atoms with Crippen molar-refractivity contribution in [2.24, 2.45) is 11.8 Å². The first-order valence-electron chi connectivity index (χ1n) is 6.58. The molecule has 1 aliphatic heterocycles. The van der Waals surface area contributed by atoms with E-state index in [0.29, 0.717) is 0 Å². The second kappa shape index (κ2) is 4.84. The smallest absolute Gasteiger partial charge is 0.0345 e. The van der Waals surface area contributed by atoms with Gasteiger partial charge in [0, 0.05) is 4.70 Å². The summed E-state index contributed by atoms with van der Waals surface area (Å²) in [5.74, 6) is 2.69. The molecule has 0 radical (unpaired) electrons. The summed E-state index contributed by atoms with van der Waals surface area (Å²) in [6.45, 7) is 2.50. The van der Waals surface area contributed by atoms with Gasteiger partial charge in [-0.1, -0.05) is 12.1 Å². The normalized spacial score (nSPS) is 30.3. The van der Waals surface area contributed by atoms with Crippen LogP contribution in [-0.2, 0) is 0 Å². The number of halogens is 1. The summed E-state index contributed by atoms with van der Waals surface area (Å²) in [5, 5.41) is 7.27. The van der Waals surface area contributed by atoms with Gasteiger partial charge in [0.15, 0.2) is 0 Å². The Morgan fingerprint density at radius 1 is 1.06 bits per heavy atom. The summed E-state index contributed by atoms with van der Waals surface area (Å²) >= 11 is 1.87. The lowest BCUT2D eigenvalue weighted by Crippen LogP contribution is -2.11. The minimum atomic E-state index is 0. The SMILES string of the molecule is Cl.c1cc(C2CC3CNCC3C2)c2ccsc2c1. The Labute approximate surface area is 118 Å². The highest BCUT2D eigenvalue weighted by Crippen LogP contribution is 2.45. The van der Waals surface area contributed by atoms with Crippen molar-refractivity contribution in [2.45, 2.75) is 18.8 Å². The van der Waals surface area contributed by atoms with Crippen LogP contribution < -0.4 is 5.32 Å². The fraction of sp³-hybridized carbons (Fsp3) is 0.467. The van der Waals surface area contributed by atoms with E-state index >= 15 is 0 Å². The molecule has 2 fully saturated rings. The molecule has 3 heteroatoms. The second-order valence-electron chi connectivity index (χ2n) is 5.53. The third-order valence-corrected chi connectivity index (χ3v) is 5.51. The van der Waals surface area contributed by atoms with Crippen molar-refractivity contribution >= 4 is 33.8 Å². The van der Waals surface area contributed by atoms with E-state index in [1.807, 2.05) is 11.3 Å². The first-order valence-corrected chi connectivity index (χ1v) is 7.46. The van der Waals surface area contributed by atoms with E-state index in [-0.39, 0.29) is 12.4 Å². The first kappa shape index (κ1) is 12.5. The van der Waals surface area contributed by atoms with Crippen molar-refractivity contribution in [3.05, 3.63) is 35.2 Å². The van der Waals surface area contributed by atoms with Crippen molar-refractivity contribution in [3.8, 4) is 0 Å². The Balaban J connectivity index is 0.000001000. The molecular formula is C15H18ClNS. The van der Waals surface area contributed by atoms with Crippen LogP contribution in [0.1, 0.15) is 24.3 Å². The van der Waals surface area contributed by atoms with Gasteiger partial charge in [-0.15, -0.1) is 23.7 Å². The number of rotatable bonds is 1. The molecule has 1 nitrogen and oxygen atoms in total. The van der Waals surface area contributed by atoms with Crippen LogP contribution in [0.25, 0.3) is 10.1 Å². The van der Waals surface area contributed by atoms with Gasteiger partial charge in [0.1, 0.15) is 0 Å². The van der Waals surface area contributed by atoms with Gasteiger partial charge in [-0.2, -0.15) is 0 Å². The Morgan fingerprint density at radius 2 is 1.83 bits per heavy atom. The zero-order valence-corrected chi connectivity index (χ0v) is 11.9. The molecular weight excluding hydrogens is 262 g/mol. The Morgan fingerprint density at radius 3 is 2.61 bits per heavy atom. The quantitative estimate of drug-likeness (QED) is 0.831. The average molecular weight is 280 g/mol. The molecule has 1 saturated carbocycles. The molecule has 18 heavy (non-hydrogen) atoms. The summed E-state index contributed by atoms with van der Waals surface area (Å²) in [4.78, 5) is 0. The first-order chi connectivity index (χ1) is 8.42. The number of hydrogen-bond acceptors (Lipinski definition) is 2. The van der Waals surface area contributed by atoms with E-state index in [9.17, 15) is 0 Å². The zero-order chi connectivity index (χ0) is 11.2. The number of fused-ring (bicyclic) bond motifs is 2. The molecule has 0 spiro atoms. The maximum absolute atomic E-state index is 3.53. The van der Waals surface area contributed by atoms with Crippen LogP contribution in [0.5, 0.6) is 0 Å². The van der Waals surface area contributed by atoms with Crippen molar-refractivity contribution in [2.75, 3.05) is 13.1 Å². The number of hydrogen-bond donors (Lipinski definition) is 1. The lowest BCUT2D eigenvalue weighted by Gasteiger charge is -2.13. The molecule has 96 valence electrons. The van der Waals surface area contributed by atoms with Gasteiger partial charge in [0.25, 0.3) is 0 Å². The molecule has 2 unspecified atom stereocenters. The van der Waals surface area contributed by atoms with Gasteiger partial charge >= 0.3 is 0 Å². The predicted octanol–water partition coefficient (Wildman–Crippen LogP) is 4.04. The number of benzene rings is 1. The predicted molar refractivity (Wildman–Crippen MR) is 80.9 cm³/mol. The summed E-state index contributed by atoms with van der Waals surface area (Å²) in [6.07, 6.45) is 2.79. The molecule has 1 N–H and O–H groups in total. The molecule has 2 heterocycles. The summed E-state index contributed by atoms with van der Waals surface area (Å²) < 4.78 is 1.46. The lowest BCUT2D eigenvalue weighted by atomic mass is 9.93. The molecule has 1 aromatic carbocycles. The Kier molecular flexibility index (Phi) is 3.35. The fourth-order valence-corrected chi connectivity index (χ4v) is 4.61. The van der Waals surface area contributed by atoms with Crippen LogP contribution >= 0.6 is 23.7 Å². The van der Waals surface area contributed by atoms with Gasteiger partial charge < -0.3 is 5.32 Å². The van der Waals surface area contributed by atoms with Gasteiger partial charge in [0.2, 0.25) is 0 Å². The standard InChI is InChI=1S/C15H17NS.ClH/c1-2-13(14-4-5-17-15(14)3-1)10-6-11-8-16-9-12(11)7-10;/h1-5,10-12,16H,6-9H2;1H. The van der Waals surface area contributed by atoms with E-state index in [4.69, 9.17) is 0 Å². The minimum absolute atomic E-state index is 0. The van der Waals surface area contributed by atoms with E-state index < -0.39 is 0 Å². The molecule has 4 rings (SSSR count). The molecule has 0 amide bonds. The zero-order valence-electron chi connectivity index (χ0n) is 10.3. The molecule has 1 aromatic heterocycles. The van der Waals surface area contributed by atoms with Gasteiger partial charge in [0.05, 0.1) is 0 Å². The molecule has 1 saturated heterocycles. The molecule has 1 aliphatic carbocycles. The van der Waals surface area contributed by atoms with Crippen LogP contribution in [0, 0.1) is 11.8 Å². The Bertz CT molecular complexity index is 538. The summed E-state index contributed by atoms with van der Waals surface area (Å²) in [5.41, 5.74) is 1.61. The summed E-state index contributed by atoms with van der Waals surface area (Å²) in [7, 11) is 0. The maximum Gasteiger partial charge on any atom is 0.0345 e. The van der Waals surface area contributed by atoms with Gasteiger partial charge in [-0.25, -0.2) is 0 Å². The maximum atomic E-state index is 3.53. The number of thiophene rings is 1. The highest BCUT2D eigenvalue weighted by molar-refractivity contribution is 7.17. The average Bonchev–Trinajstić information content (AvgIpc) is 3.02. The van der Waals surface area contributed by atoms with Gasteiger partial charge in [-0.3, -0.25) is 0 Å². The van der Waals surface area contributed by atoms with Crippen LogP contribution in [0.2, 0.25) is 0 Å². The van der Waals surface area contributed by atoms with Crippen LogP contribution in [0.15, 0.2) is 29.6 Å². The van der Waals surface area contributed by atoms with E-state index in [2.05, 4.69) is 35.0 Å². The van der Waals surface area contributed by atoms with E-state index in [1.54, 1.807) is 5.56 Å². The van der Waals surface area contributed by atoms with Crippen molar-refractivity contribution in [3.63, 3.8) is 0 Å². The third kappa shape index (κ3) is 1.87. The topological polar surface area (TPSA) is 12.0 Å². The van der Waals surface area contributed by atoms with E-state index in [0.717, 1.165) is 17.8 Å². The minimum Gasteiger partial charge on any atom is -0.316 e. The van der Waals surface area contributed by atoms with Crippen LogP contribution in [0.3, 0.4) is 0 Å².